The molecule has 0 atom stereocenters. The van der Waals surface area contributed by atoms with Crippen LogP contribution in [0.3, 0.4) is 0 Å². The molecule has 0 bridgehead atoms. The summed E-state index contributed by atoms with van der Waals surface area (Å²) < 4.78 is 40.3. The van der Waals surface area contributed by atoms with Crippen LogP contribution in [0.5, 0.6) is 0 Å². The molecule has 2 heterocycles. The topological polar surface area (TPSA) is 60.0 Å². The number of alkyl halides is 3. The average molecular weight is 414 g/mol. The summed E-state index contributed by atoms with van der Waals surface area (Å²) >= 11 is 6.17. The van der Waals surface area contributed by atoms with E-state index in [0.29, 0.717) is 36.5 Å². The van der Waals surface area contributed by atoms with E-state index in [1.54, 1.807) is 0 Å². The summed E-state index contributed by atoms with van der Waals surface area (Å²) in [5.41, 5.74) is 7.26. The number of benzene rings is 1. The van der Waals surface area contributed by atoms with Gasteiger partial charge >= 0.3 is 6.18 Å². The molecule has 28 heavy (non-hydrogen) atoms. The lowest BCUT2D eigenvalue weighted by Gasteiger charge is -2.44. The molecule has 0 unspecified atom stereocenters. The third-order valence-electron chi connectivity index (χ3n) is 6.29. The van der Waals surface area contributed by atoms with E-state index in [4.69, 9.17) is 17.3 Å². The Morgan fingerprint density at radius 1 is 1.18 bits per heavy atom. The van der Waals surface area contributed by atoms with Gasteiger partial charge in [-0.15, -0.1) is 10.2 Å². The van der Waals surface area contributed by atoms with Gasteiger partial charge in [0.1, 0.15) is 5.82 Å². The third-order valence-corrected chi connectivity index (χ3v) is 6.53. The van der Waals surface area contributed by atoms with E-state index in [9.17, 15) is 13.2 Å². The van der Waals surface area contributed by atoms with E-state index in [0.717, 1.165) is 25.7 Å². The van der Waals surface area contributed by atoms with E-state index in [2.05, 4.69) is 21.2 Å². The quantitative estimate of drug-likeness (QED) is 0.835. The molecule has 2 aromatic rings. The van der Waals surface area contributed by atoms with Crippen LogP contribution in [0.2, 0.25) is 5.02 Å². The van der Waals surface area contributed by atoms with E-state index >= 15 is 0 Å². The van der Waals surface area contributed by atoms with Gasteiger partial charge in [0.15, 0.2) is 0 Å². The molecule has 0 amide bonds. The van der Waals surface area contributed by atoms with Crippen molar-refractivity contribution in [1.29, 1.82) is 0 Å². The van der Waals surface area contributed by atoms with Gasteiger partial charge in [-0.25, -0.2) is 0 Å². The first-order valence-electron chi connectivity index (χ1n) is 9.52. The number of fused-ring (bicyclic) bond motifs is 1. The maximum Gasteiger partial charge on any atom is 0.451 e. The van der Waals surface area contributed by atoms with Gasteiger partial charge in [0.2, 0.25) is 5.82 Å². The smallest absolute Gasteiger partial charge is 0.330 e. The van der Waals surface area contributed by atoms with E-state index < -0.39 is 12.0 Å². The number of halogens is 4. The van der Waals surface area contributed by atoms with Gasteiger partial charge in [-0.3, -0.25) is 4.90 Å². The average Bonchev–Trinajstić information content (AvgIpc) is 3.12. The van der Waals surface area contributed by atoms with Gasteiger partial charge in [0.05, 0.1) is 6.54 Å². The lowest BCUT2D eigenvalue weighted by molar-refractivity contribution is -0.148. The summed E-state index contributed by atoms with van der Waals surface area (Å²) in [6, 6.07) is 8.22. The molecular weight excluding hydrogens is 391 g/mol. The van der Waals surface area contributed by atoms with Gasteiger partial charge in [0.25, 0.3) is 0 Å². The minimum Gasteiger partial charge on any atom is -0.330 e. The molecule has 9 heteroatoms. The Bertz CT molecular complexity index is 842. The molecule has 0 saturated heterocycles. The highest BCUT2D eigenvalue weighted by atomic mass is 35.5. The predicted octanol–water partition coefficient (Wildman–Crippen LogP) is 3.61. The van der Waals surface area contributed by atoms with Gasteiger partial charge in [-0.2, -0.15) is 13.2 Å². The zero-order chi connectivity index (χ0) is 19.9. The minimum atomic E-state index is -4.46. The second kappa shape index (κ2) is 7.31. The predicted molar refractivity (Wildman–Crippen MR) is 99.9 cm³/mol. The van der Waals surface area contributed by atoms with Gasteiger partial charge in [-0.05, 0) is 43.4 Å². The van der Waals surface area contributed by atoms with Crippen LogP contribution in [-0.4, -0.2) is 38.8 Å². The first kappa shape index (κ1) is 19.7. The molecule has 0 radical (unpaired) electrons. The molecular formula is C19H23ClF3N5. The van der Waals surface area contributed by atoms with E-state index in [-0.39, 0.29) is 12.0 Å². The molecule has 5 nitrogen and oxygen atoms in total. The highest BCUT2D eigenvalue weighted by Gasteiger charge is 2.41. The molecule has 1 aromatic heterocycles. The van der Waals surface area contributed by atoms with Crippen molar-refractivity contribution in [2.45, 2.75) is 56.4 Å². The van der Waals surface area contributed by atoms with Crippen molar-refractivity contribution in [1.82, 2.24) is 19.7 Å². The zero-order valence-corrected chi connectivity index (χ0v) is 16.2. The number of aromatic nitrogens is 3. The molecule has 2 aliphatic rings. The lowest BCUT2D eigenvalue weighted by Crippen LogP contribution is -2.47. The molecule has 152 valence electrons. The Morgan fingerprint density at radius 3 is 2.57 bits per heavy atom. The van der Waals surface area contributed by atoms with Crippen molar-refractivity contribution in [2.24, 2.45) is 5.73 Å². The number of rotatable bonds is 3. The fourth-order valence-corrected chi connectivity index (χ4v) is 4.84. The van der Waals surface area contributed by atoms with E-state index in [1.165, 1.54) is 10.1 Å². The number of hydrogen-bond acceptors (Lipinski definition) is 4. The van der Waals surface area contributed by atoms with Crippen LogP contribution in [-0.2, 0) is 24.7 Å². The van der Waals surface area contributed by atoms with Crippen molar-refractivity contribution in [2.75, 3.05) is 13.1 Å². The Kier molecular flexibility index (Phi) is 5.14. The zero-order valence-electron chi connectivity index (χ0n) is 15.4. The molecule has 1 aliphatic heterocycles. The van der Waals surface area contributed by atoms with Crippen molar-refractivity contribution >= 4 is 11.6 Å². The molecule has 1 aliphatic carbocycles. The molecule has 1 saturated carbocycles. The first-order valence-corrected chi connectivity index (χ1v) is 9.90. The van der Waals surface area contributed by atoms with Gasteiger partial charge in [0, 0.05) is 36.1 Å². The second-order valence-electron chi connectivity index (χ2n) is 7.79. The number of nitrogens with zero attached hydrogens (tertiary/aromatic N) is 4. The summed E-state index contributed by atoms with van der Waals surface area (Å²) in [4.78, 5) is 2.24. The summed E-state index contributed by atoms with van der Waals surface area (Å²) in [7, 11) is 0. The highest BCUT2D eigenvalue weighted by molar-refractivity contribution is 6.30. The SMILES string of the molecule is NC[C@]1(c2cccc(Cl)c2)CC[C@H](N2CCn3c(nnc3C(F)(F)F)C2)CC1. The minimum absolute atomic E-state index is 0.0827. The Labute approximate surface area is 166 Å². The van der Waals surface area contributed by atoms with Crippen LogP contribution in [0.25, 0.3) is 0 Å². The van der Waals surface area contributed by atoms with Crippen molar-refractivity contribution in [3.05, 3.63) is 46.5 Å². The van der Waals surface area contributed by atoms with Gasteiger partial charge in [-0.1, -0.05) is 23.7 Å². The molecule has 1 aromatic carbocycles. The number of hydrogen-bond donors (Lipinski definition) is 1. The normalized spacial score (nSPS) is 26.2. The van der Waals surface area contributed by atoms with Crippen molar-refractivity contribution < 1.29 is 13.2 Å². The van der Waals surface area contributed by atoms with Gasteiger partial charge < -0.3 is 10.3 Å². The van der Waals surface area contributed by atoms with Crippen LogP contribution in [0.1, 0.15) is 42.9 Å². The van der Waals surface area contributed by atoms with Crippen molar-refractivity contribution in [3.63, 3.8) is 0 Å². The first-order chi connectivity index (χ1) is 13.3. The van der Waals surface area contributed by atoms with Crippen molar-refractivity contribution in [3.8, 4) is 0 Å². The Hall–Kier alpha value is -1.64. The molecule has 1 fully saturated rings. The van der Waals surface area contributed by atoms with Crippen LogP contribution >= 0.6 is 11.6 Å². The molecule has 4 rings (SSSR count). The second-order valence-corrected chi connectivity index (χ2v) is 8.22. The van der Waals surface area contributed by atoms with Crippen LogP contribution in [0, 0.1) is 0 Å². The molecule has 0 spiro atoms. The fourth-order valence-electron chi connectivity index (χ4n) is 4.65. The van der Waals surface area contributed by atoms with Crippen LogP contribution < -0.4 is 5.73 Å². The monoisotopic (exact) mass is 413 g/mol. The largest absolute Gasteiger partial charge is 0.451 e. The van der Waals surface area contributed by atoms with Crippen LogP contribution in [0.15, 0.2) is 24.3 Å². The van der Waals surface area contributed by atoms with E-state index in [1.807, 2.05) is 18.2 Å². The maximum absolute atomic E-state index is 13.0. The number of nitrogens with two attached hydrogens (primary N) is 1. The maximum atomic E-state index is 13.0. The summed E-state index contributed by atoms with van der Waals surface area (Å²) in [5.74, 6) is -0.502. The lowest BCUT2D eigenvalue weighted by atomic mass is 9.68. The Balaban J connectivity index is 1.45. The highest BCUT2D eigenvalue weighted by Crippen LogP contribution is 2.41. The molecule has 2 N–H and O–H groups in total. The fraction of sp³-hybridized carbons (Fsp3) is 0.579. The summed E-state index contributed by atoms with van der Waals surface area (Å²) in [5, 5.41) is 7.86. The summed E-state index contributed by atoms with van der Waals surface area (Å²) in [6.07, 6.45) is -0.694. The standard InChI is InChI=1S/C19H23ClF3N5/c20-14-3-1-2-13(10-14)18(12-24)6-4-15(5-7-18)27-8-9-28-16(11-27)25-26-17(28)19(21,22)23/h1-3,10,15H,4-9,11-12,24H2/t15-,18-. The Morgan fingerprint density at radius 2 is 1.93 bits per heavy atom. The summed E-state index contributed by atoms with van der Waals surface area (Å²) in [6.45, 7) is 1.81. The van der Waals surface area contributed by atoms with Crippen LogP contribution in [0.4, 0.5) is 13.2 Å². The third kappa shape index (κ3) is 3.53.